The summed E-state index contributed by atoms with van der Waals surface area (Å²) in [4.78, 5) is 4.82. The number of nitrogens with zero attached hydrogens (tertiary/aromatic N) is 2. The van der Waals surface area contributed by atoms with Gasteiger partial charge in [0.15, 0.2) is 0 Å². The van der Waals surface area contributed by atoms with Crippen molar-refractivity contribution in [2.75, 3.05) is 53.0 Å². The van der Waals surface area contributed by atoms with E-state index >= 15 is 0 Å². The SMILES string of the molecule is CCOC1CC(OC2CCN(CCOC3CN(C)C3)CC2)C1. The minimum Gasteiger partial charge on any atom is -0.378 e. The maximum absolute atomic E-state index is 6.19. The summed E-state index contributed by atoms with van der Waals surface area (Å²) in [6.07, 6.45) is 6.37. The second kappa shape index (κ2) is 8.06. The minimum atomic E-state index is 0.451. The van der Waals surface area contributed by atoms with E-state index in [9.17, 15) is 0 Å². The second-order valence-electron chi connectivity index (χ2n) is 7.06. The van der Waals surface area contributed by atoms with Crippen LogP contribution in [0.4, 0.5) is 0 Å². The van der Waals surface area contributed by atoms with Gasteiger partial charge in [0.2, 0.25) is 0 Å². The van der Waals surface area contributed by atoms with Crippen LogP contribution >= 0.6 is 0 Å². The maximum Gasteiger partial charge on any atom is 0.0829 e. The molecule has 0 bridgehead atoms. The molecule has 0 spiro atoms. The van der Waals surface area contributed by atoms with Crippen molar-refractivity contribution in [3.63, 3.8) is 0 Å². The third kappa shape index (κ3) is 4.65. The molecule has 3 rings (SSSR count). The molecular formula is C17H32N2O3. The Balaban J connectivity index is 1.21. The molecule has 5 heteroatoms. The van der Waals surface area contributed by atoms with E-state index in [1.54, 1.807) is 0 Å². The van der Waals surface area contributed by atoms with Gasteiger partial charge in [-0.15, -0.1) is 0 Å². The van der Waals surface area contributed by atoms with Crippen molar-refractivity contribution in [2.45, 2.75) is 57.0 Å². The Morgan fingerprint density at radius 2 is 1.64 bits per heavy atom. The fourth-order valence-corrected chi connectivity index (χ4v) is 3.64. The van der Waals surface area contributed by atoms with Crippen molar-refractivity contribution >= 4 is 0 Å². The van der Waals surface area contributed by atoms with Gasteiger partial charge in [0, 0.05) is 39.3 Å². The van der Waals surface area contributed by atoms with E-state index in [-0.39, 0.29) is 0 Å². The zero-order valence-corrected chi connectivity index (χ0v) is 14.2. The highest BCUT2D eigenvalue weighted by Crippen LogP contribution is 2.29. The molecule has 22 heavy (non-hydrogen) atoms. The van der Waals surface area contributed by atoms with Crippen LogP contribution in [0.15, 0.2) is 0 Å². The van der Waals surface area contributed by atoms with Crippen LogP contribution in [0.1, 0.15) is 32.6 Å². The molecule has 0 aromatic carbocycles. The second-order valence-corrected chi connectivity index (χ2v) is 7.06. The molecule has 1 aliphatic carbocycles. The molecule has 0 amide bonds. The van der Waals surface area contributed by atoms with Crippen LogP contribution in [-0.2, 0) is 14.2 Å². The predicted octanol–water partition coefficient (Wildman–Crippen LogP) is 1.37. The zero-order chi connectivity index (χ0) is 15.4. The van der Waals surface area contributed by atoms with E-state index in [4.69, 9.17) is 14.2 Å². The molecule has 2 saturated heterocycles. The van der Waals surface area contributed by atoms with Crippen molar-refractivity contribution in [2.24, 2.45) is 0 Å². The monoisotopic (exact) mass is 312 g/mol. The Kier molecular flexibility index (Phi) is 6.10. The van der Waals surface area contributed by atoms with E-state index in [0.717, 1.165) is 58.8 Å². The molecule has 0 aromatic rings. The van der Waals surface area contributed by atoms with Crippen molar-refractivity contribution in [3.8, 4) is 0 Å². The van der Waals surface area contributed by atoms with Gasteiger partial charge >= 0.3 is 0 Å². The predicted molar refractivity (Wildman–Crippen MR) is 86.2 cm³/mol. The summed E-state index contributed by atoms with van der Waals surface area (Å²) >= 11 is 0. The summed E-state index contributed by atoms with van der Waals surface area (Å²) < 4.78 is 17.7. The Labute approximate surface area is 134 Å². The number of hydrogen-bond acceptors (Lipinski definition) is 5. The van der Waals surface area contributed by atoms with Gasteiger partial charge in [-0.1, -0.05) is 0 Å². The summed E-state index contributed by atoms with van der Waals surface area (Å²) in [5.41, 5.74) is 0. The average Bonchev–Trinajstić information content (AvgIpc) is 2.45. The highest BCUT2D eigenvalue weighted by Gasteiger charge is 2.33. The molecule has 3 aliphatic rings. The minimum absolute atomic E-state index is 0.451. The number of piperidine rings is 1. The Morgan fingerprint density at radius 3 is 2.27 bits per heavy atom. The van der Waals surface area contributed by atoms with Crippen LogP contribution in [0.2, 0.25) is 0 Å². The third-order valence-corrected chi connectivity index (χ3v) is 5.17. The van der Waals surface area contributed by atoms with Gasteiger partial charge in [0.25, 0.3) is 0 Å². The van der Waals surface area contributed by atoms with E-state index < -0.39 is 0 Å². The molecule has 2 heterocycles. The van der Waals surface area contributed by atoms with Gasteiger partial charge in [-0.3, -0.25) is 0 Å². The molecule has 1 saturated carbocycles. The number of likely N-dealkylation sites (tertiary alicyclic amines) is 2. The normalized spacial score (nSPS) is 31.9. The molecule has 0 unspecified atom stereocenters. The first-order valence-corrected chi connectivity index (χ1v) is 9.02. The summed E-state index contributed by atoms with van der Waals surface area (Å²) in [7, 11) is 2.14. The van der Waals surface area contributed by atoms with Crippen LogP contribution in [0, 0.1) is 0 Å². The Morgan fingerprint density at radius 1 is 0.909 bits per heavy atom. The van der Waals surface area contributed by atoms with Crippen LogP contribution in [0.5, 0.6) is 0 Å². The highest BCUT2D eigenvalue weighted by atomic mass is 16.5. The first-order valence-electron chi connectivity index (χ1n) is 9.02. The van der Waals surface area contributed by atoms with Crippen molar-refractivity contribution < 1.29 is 14.2 Å². The largest absolute Gasteiger partial charge is 0.378 e. The van der Waals surface area contributed by atoms with Gasteiger partial charge in [-0.2, -0.15) is 0 Å². The molecule has 0 N–H and O–H groups in total. The van der Waals surface area contributed by atoms with Gasteiger partial charge in [-0.05, 0) is 39.7 Å². The number of rotatable bonds is 8. The van der Waals surface area contributed by atoms with Gasteiger partial charge < -0.3 is 24.0 Å². The number of ether oxygens (including phenoxy) is 3. The molecule has 128 valence electrons. The molecule has 2 aliphatic heterocycles. The molecule has 0 atom stereocenters. The van der Waals surface area contributed by atoms with Gasteiger partial charge in [-0.25, -0.2) is 0 Å². The molecule has 0 radical (unpaired) electrons. The summed E-state index contributed by atoms with van der Waals surface area (Å²) in [5.74, 6) is 0. The maximum atomic E-state index is 6.19. The lowest BCUT2D eigenvalue weighted by molar-refractivity contribution is -0.134. The van der Waals surface area contributed by atoms with Crippen molar-refractivity contribution in [3.05, 3.63) is 0 Å². The summed E-state index contributed by atoms with van der Waals surface area (Å²) in [6.45, 7) is 9.35. The van der Waals surface area contributed by atoms with E-state index in [1.807, 2.05) is 0 Å². The first kappa shape index (κ1) is 16.7. The lowest BCUT2D eigenvalue weighted by Crippen LogP contribution is -2.50. The van der Waals surface area contributed by atoms with Crippen molar-refractivity contribution in [1.29, 1.82) is 0 Å². The molecule has 5 nitrogen and oxygen atoms in total. The lowest BCUT2D eigenvalue weighted by atomic mass is 9.91. The van der Waals surface area contributed by atoms with E-state index in [2.05, 4.69) is 23.8 Å². The topological polar surface area (TPSA) is 34.2 Å². The smallest absolute Gasteiger partial charge is 0.0829 e. The molecule has 0 aromatic heterocycles. The molecular weight excluding hydrogens is 280 g/mol. The van der Waals surface area contributed by atoms with Crippen LogP contribution < -0.4 is 0 Å². The quantitative estimate of drug-likeness (QED) is 0.676. The molecule has 3 fully saturated rings. The van der Waals surface area contributed by atoms with E-state index in [1.165, 1.54) is 12.8 Å². The third-order valence-electron chi connectivity index (χ3n) is 5.17. The Bertz CT molecular complexity index is 322. The number of likely N-dealkylation sites (N-methyl/N-ethyl adjacent to an activating group) is 1. The fraction of sp³-hybridized carbons (Fsp3) is 1.00. The highest BCUT2D eigenvalue weighted by molar-refractivity contribution is 4.83. The van der Waals surface area contributed by atoms with Crippen LogP contribution in [-0.4, -0.2) is 87.2 Å². The standard InChI is InChI=1S/C17H32N2O3/c1-3-20-15-10-16(11-15)22-14-4-6-19(7-5-14)8-9-21-17-12-18(2)13-17/h14-17H,3-13H2,1-2H3. The van der Waals surface area contributed by atoms with Crippen LogP contribution in [0.3, 0.4) is 0 Å². The first-order chi connectivity index (χ1) is 10.7. The zero-order valence-electron chi connectivity index (χ0n) is 14.2. The van der Waals surface area contributed by atoms with Crippen LogP contribution in [0.25, 0.3) is 0 Å². The number of hydrogen-bond donors (Lipinski definition) is 0. The lowest BCUT2D eigenvalue weighted by Gasteiger charge is -2.40. The average molecular weight is 312 g/mol. The summed E-state index contributed by atoms with van der Waals surface area (Å²) in [6, 6.07) is 0. The van der Waals surface area contributed by atoms with E-state index in [0.29, 0.717) is 24.4 Å². The summed E-state index contributed by atoms with van der Waals surface area (Å²) in [5, 5.41) is 0. The van der Waals surface area contributed by atoms with Gasteiger partial charge in [0.1, 0.15) is 0 Å². The van der Waals surface area contributed by atoms with Gasteiger partial charge in [0.05, 0.1) is 31.0 Å². The van der Waals surface area contributed by atoms with Crippen molar-refractivity contribution in [1.82, 2.24) is 9.80 Å². The fourth-order valence-electron chi connectivity index (χ4n) is 3.64. The Hall–Kier alpha value is -0.200.